The van der Waals surface area contributed by atoms with Gasteiger partial charge in [-0.2, -0.15) is 18.4 Å². The molecule has 1 saturated heterocycles. The third-order valence-corrected chi connectivity index (χ3v) is 3.16. The van der Waals surface area contributed by atoms with Gasteiger partial charge in [-0.05, 0) is 45.8 Å². The Bertz CT molecular complexity index is 259. The van der Waals surface area contributed by atoms with E-state index < -0.39 is 12.6 Å². The molecule has 0 aliphatic carbocycles. The smallest absolute Gasteiger partial charge is 0.303 e. The van der Waals surface area contributed by atoms with Crippen LogP contribution in [0.4, 0.5) is 13.2 Å². The van der Waals surface area contributed by atoms with Gasteiger partial charge in [-0.1, -0.05) is 0 Å². The average molecular weight is 234 g/mol. The Kier molecular flexibility index (Phi) is 4.20. The molecule has 1 aliphatic rings. The molecule has 0 radical (unpaired) electrons. The number of rotatable bonds is 3. The Morgan fingerprint density at radius 1 is 1.31 bits per heavy atom. The van der Waals surface area contributed by atoms with E-state index in [0.717, 1.165) is 25.9 Å². The van der Waals surface area contributed by atoms with Crippen LogP contribution in [0.3, 0.4) is 0 Å². The van der Waals surface area contributed by atoms with Crippen molar-refractivity contribution in [3.63, 3.8) is 0 Å². The molecular weight excluding hydrogens is 217 g/mol. The summed E-state index contributed by atoms with van der Waals surface area (Å²) in [5.74, 6) is 0. The number of alkyl halides is 3. The maximum absolute atomic E-state index is 11.9. The second-order valence-corrected chi connectivity index (χ2v) is 4.73. The molecule has 1 fully saturated rings. The summed E-state index contributed by atoms with van der Waals surface area (Å²) in [6.45, 7) is 3.88. The molecule has 0 amide bonds. The Hall–Kier alpha value is -0.760. The van der Waals surface area contributed by atoms with Gasteiger partial charge in [-0.3, -0.25) is 0 Å². The Labute approximate surface area is 94.0 Å². The summed E-state index contributed by atoms with van der Waals surface area (Å²) in [5, 5.41) is 8.90. The van der Waals surface area contributed by atoms with Gasteiger partial charge in [0.05, 0.1) is 11.5 Å². The SMILES string of the molecule is CC1(C#N)CCN(CCCC(F)(F)F)CC1. The number of likely N-dealkylation sites (tertiary alicyclic amines) is 1. The van der Waals surface area contributed by atoms with Crippen molar-refractivity contribution in [3.05, 3.63) is 0 Å². The molecule has 92 valence electrons. The molecule has 0 aromatic heterocycles. The lowest BCUT2D eigenvalue weighted by atomic mass is 9.82. The van der Waals surface area contributed by atoms with Crippen molar-refractivity contribution in [2.45, 2.75) is 38.8 Å². The zero-order valence-electron chi connectivity index (χ0n) is 9.48. The highest BCUT2D eigenvalue weighted by molar-refractivity contribution is 4.98. The monoisotopic (exact) mass is 234 g/mol. The van der Waals surface area contributed by atoms with E-state index in [9.17, 15) is 13.2 Å². The molecule has 1 rings (SSSR count). The summed E-state index contributed by atoms with van der Waals surface area (Å²) in [6.07, 6.45) is -3.08. The first-order chi connectivity index (χ1) is 7.35. The minimum Gasteiger partial charge on any atom is -0.303 e. The van der Waals surface area contributed by atoms with Gasteiger partial charge in [0.25, 0.3) is 0 Å². The van der Waals surface area contributed by atoms with Crippen LogP contribution in [-0.4, -0.2) is 30.7 Å². The molecule has 0 unspecified atom stereocenters. The van der Waals surface area contributed by atoms with Gasteiger partial charge in [0, 0.05) is 6.42 Å². The second kappa shape index (κ2) is 5.05. The van der Waals surface area contributed by atoms with Gasteiger partial charge >= 0.3 is 6.18 Å². The van der Waals surface area contributed by atoms with Crippen LogP contribution in [0.5, 0.6) is 0 Å². The summed E-state index contributed by atoms with van der Waals surface area (Å²) in [4.78, 5) is 2.02. The minimum atomic E-state index is -4.04. The highest BCUT2D eigenvalue weighted by Crippen LogP contribution is 2.30. The molecule has 0 atom stereocenters. The number of nitriles is 1. The molecule has 1 aliphatic heterocycles. The van der Waals surface area contributed by atoms with Gasteiger partial charge in [0.2, 0.25) is 0 Å². The standard InChI is InChI=1S/C11H17F3N2/c1-10(9-15)4-7-16(8-5-10)6-2-3-11(12,13)14/h2-8H2,1H3. The fraction of sp³-hybridized carbons (Fsp3) is 0.909. The van der Waals surface area contributed by atoms with Gasteiger partial charge < -0.3 is 4.90 Å². The van der Waals surface area contributed by atoms with Gasteiger partial charge in [-0.25, -0.2) is 0 Å². The summed E-state index contributed by atoms with van der Waals surface area (Å²) in [5.41, 5.74) is -0.277. The largest absolute Gasteiger partial charge is 0.389 e. The third-order valence-electron chi connectivity index (χ3n) is 3.16. The van der Waals surface area contributed by atoms with Crippen molar-refractivity contribution in [1.29, 1.82) is 5.26 Å². The van der Waals surface area contributed by atoms with E-state index in [2.05, 4.69) is 6.07 Å². The summed E-state index contributed by atoms with van der Waals surface area (Å²) in [6, 6.07) is 2.27. The molecular formula is C11H17F3N2. The molecule has 2 nitrogen and oxygen atoms in total. The summed E-state index contributed by atoms with van der Waals surface area (Å²) in [7, 11) is 0. The predicted octanol–water partition coefficient (Wildman–Crippen LogP) is 2.95. The summed E-state index contributed by atoms with van der Waals surface area (Å²) < 4.78 is 35.8. The van der Waals surface area contributed by atoms with Crippen LogP contribution in [-0.2, 0) is 0 Å². The highest BCUT2D eigenvalue weighted by atomic mass is 19.4. The number of hydrogen-bond donors (Lipinski definition) is 0. The van der Waals surface area contributed by atoms with Crippen LogP contribution in [0, 0.1) is 16.7 Å². The fourth-order valence-electron chi connectivity index (χ4n) is 1.89. The lowest BCUT2D eigenvalue weighted by Crippen LogP contribution is -2.38. The zero-order chi connectivity index (χ0) is 12.2. The lowest BCUT2D eigenvalue weighted by molar-refractivity contribution is -0.136. The van der Waals surface area contributed by atoms with Crippen LogP contribution in [0.2, 0.25) is 0 Å². The van der Waals surface area contributed by atoms with Crippen molar-refractivity contribution in [2.75, 3.05) is 19.6 Å². The topological polar surface area (TPSA) is 27.0 Å². The predicted molar refractivity (Wildman–Crippen MR) is 54.7 cm³/mol. The van der Waals surface area contributed by atoms with Crippen molar-refractivity contribution in [2.24, 2.45) is 5.41 Å². The Morgan fingerprint density at radius 2 is 1.88 bits per heavy atom. The van der Waals surface area contributed by atoms with Crippen LogP contribution >= 0.6 is 0 Å². The van der Waals surface area contributed by atoms with Gasteiger partial charge in [0.1, 0.15) is 0 Å². The van der Waals surface area contributed by atoms with E-state index in [1.54, 1.807) is 0 Å². The molecule has 0 N–H and O–H groups in total. The van der Waals surface area contributed by atoms with Crippen molar-refractivity contribution >= 4 is 0 Å². The Morgan fingerprint density at radius 3 is 2.31 bits per heavy atom. The third kappa shape index (κ3) is 4.40. The van der Waals surface area contributed by atoms with E-state index in [1.165, 1.54) is 0 Å². The van der Waals surface area contributed by atoms with E-state index in [0.29, 0.717) is 6.54 Å². The van der Waals surface area contributed by atoms with Crippen molar-refractivity contribution < 1.29 is 13.2 Å². The van der Waals surface area contributed by atoms with E-state index in [4.69, 9.17) is 5.26 Å². The maximum atomic E-state index is 11.9. The van der Waals surface area contributed by atoms with E-state index >= 15 is 0 Å². The van der Waals surface area contributed by atoms with Gasteiger partial charge in [0.15, 0.2) is 0 Å². The molecule has 1 heterocycles. The number of halogens is 3. The van der Waals surface area contributed by atoms with Crippen LogP contribution in [0.1, 0.15) is 32.6 Å². The summed E-state index contributed by atoms with van der Waals surface area (Å²) >= 11 is 0. The quantitative estimate of drug-likeness (QED) is 0.750. The van der Waals surface area contributed by atoms with E-state index in [1.807, 2.05) is 11.8 Å². The minimum absolute atomic E-state index is 0.159. The number of nitrogens with zero attached hydrogens (tertiary/aromatic N) is 2. The van der Waals surface area contributed by atoms with Gasteiger partial charge in [-0.15, -0.1) is 0 Å². The molecule has 0 saturated carbocycles. The fourth-order valence-corrected chi connectivity index (χ4v) is 1.89. The molecule has 5 heteroatoms. The maximum Gasteiger partial charge on any atom is 0.389 e. The van der Waals surface area contributed by atoms with Crippen LogP contribution in [0.15, 0.2) is 0 Å². The normalized spacial score (nSPS) is 21.7. The molecule has 0 spiro atoms. The second-order valence-electron chi connectivity index (χ2n) is 4.73. The Balaban J connectivity index is 2.21. The molecule has 16 heavy (non-hydrogen) atoms. The number of piperidine rings is 1. The number of hydrogen-bond acceptors (Lipinski definition) is 2. The van der Waals surface area contributed by atoms with Crippen LogP contribution < -0.4 is 0 Å². The molecule has 0 aromatic carbocycles. The molecule has 0 bridgehead atoms. The first-order valence-corrected chi connectivity index (χ1v) is 5.55. The van der Waals surface area contributed by atoms with Crippen molar-refractivity contribution in [1.82, 2.24) is 4.90 Å². The van der Waals surface area contributed by atoms with Crippen molar-refractivity contribution in [3.8, 4) is 6.07 Å². The lowest BCUT2D eigenvalue weighted by Gasteiger charge is -2.34. The van der Waals surface area contributed by atoms with E-state index in [-0.39, 0.29) is 11.8 Å². The average Bonchev–Trinajstić information content (AvgIpc) is 2.20. The van der Waals surface area contributed by atoms with Crippen LogP contribution in [0.25, 0.3) is 0 Å². The zero-order valence-corrected chi connectivity index (χ0v) is 9.48. The highest BCUT2D eigenvalue weighted by Gasteiger charge is 2.31. The first-order valence-electron chi connectivity index (χ1n) is 5.55. The molecule has 0 aromatic rings. The first kappa shape index (κ1) is 13.3.